The first-order valence-electron chi connectivity index (χ1n) is 9.85. The Morgan fingerprint density at radius 3 is 0.840 bits per heavy atom. The van der Waals surface area contributed by atoms with Gasteiger partial charge in [-0.15, -0.1) is 0 Å². The third-order valence-electron chi connectivity index (χ3n) is 4.39. The van der Waals surface area contributed by atoms with Gasteiger partial charge in [-0.2, -0.15) is 0 Å². The van der Waals surface area contributed by atoms with E-state index in [0.29, 0.717) is 0 Å². The molecular weight excluding hydrogens is 368 g/mol. The van der Waals surface area contributed by atoms with Crippen molar-refractivity contribution in [3.8, 4) is 0 Å². The van der Waals surface area contributed by atoms with Crippen molar-refractivity contribution in [1.82, 2.24) is 0 Å². The van der Waals surface area contributed by atoms with Crippen LogP contribution in [0.25, 0.3) is 0 Å². The zero-order valence-corrected chi connectivity index (χ0v) is 22.1. The first kappa shape index (κ1) is 26.2. The molecule has 25 heavy (non-hydrogen) atoms. The summed E-state index contributed by atoms with van der Waals surface area (Å²) in [5, 5.41) is 0. The Morgan fingerprint density at radius 1 is 0.480 bits per heavy atom. The quantitative estimate of drug-likeness (QED) is 0.275. The van der Waals surface area contributed by atoms with Crippen LogP contribution in [-0.4, -0.2) is 85.8 Å². The second-order valence-corrected chi connectivity index (χ2v) is 31.5. The van der Waals surface area contributed by atoms with Crippen LogP contribution in [0, 0.1) is 0 Å². The van der Waals surface area contributed by atoms with E-state index in [0.717, 1.165) is 37.7 Å². The summed E-state index contributed by atoms with van der Waals surface area (Å²) < 4.78 is 20.1. The fourth-order valence-corrected chi connectivity index (χ4v) is 10.7. The zero-order chi connectivity index (χ0) is 20.3. The summed E-state index contributed by atoms with van der Waals surface area (Å²) in [5.41, 5.74) is 0. The van der Waals surface area contributed by atoms with E-state index < -0.39 is 27.8 Å². The van der Waals surface area contributed by atoms with E-state index >= 15 is 0 Å². The first-order valence-corrected chi connectivity index (χ1v) is 20.9. The number of hydrogen-bond acceptors (Lipinski definition) is 3. The number of rotatable bonds is 12. The SMILES string of the molecule is CCCP(C)(C)(C)OB(OP(C)(C)(C)CCC)OP(C)(C)(C)CCC. The Balaban J connectivity index is 5.69. The molecule has 0 aliphatic heterocycles. The van der Waals surface area contributed by atoms with Crippen LogP contribution in [0.5, 0.6) is 0 Å². The fraction of sp³-hybridized carbons (Fsp3) is 1.00. The monoisotopic (exact) mass is 416 g/mol. The first-order chi connectivity index (χ1) is 10.8. The molecule has 0 heterocycles. The van der Waals surface area contributed by atoms with Crippen LogP contribution >= 0.6 is 20.5 Å². The van der Waals surface area contributed by atoms with E-state index in [1.807, 2.05) is 0 Å². The van der Waals surface area contributed by atoms with E-state index in [4.69, 9.17) is 13.3 Å². The van der Waals surface area contributed by atoms with E-state index in [2.05, 4.69) is 80.8 Å². The second kappa shape index (κ2) is 7.93. The molecule has 0 N–H and O–H groups in total. The molecule has 0 saturated carbocycles. The summed E-state index contributed by atoms with van der Waals surface area (Å²) in [6, 6.07) is 0. The van der Waals surface area contributed by atoms with Crippen LogP contribution in [0.3, 0.4) is 0 Å². The van der Waals surface area contributed by atoms with Gasteiger partial charge in [-0.3, -0.25) is 0 Å². The van der Waals surface area contributed by atoms with Crippen LogP contribution in [-0.2, 0) is 13.3 Å². The van der Waals surface area contributed by atoms with Gasteiger partial charge >= 0.3 is 160 Å². The molecule has 3 nitrogen and oxygen atoms in total. The molecule has 0 spiro atoms. The Hall–Kier alpha value is 1.23. The Labute approximate surface area is 159 Å². The molecule has 0 aliphatic rings. The average molecular weight is 416 g/mol. The summed E-state index contributed by atoms with van der Waals surface area (Å²) in [5.74, 6) is 0. The van der Waals surface area contributed by atoms with Crippen LogP contribution in [0.1, 0.15) is 40.0 Å². The van der Waals surface area contributed by atoms with Crippen molar-refractivity contribution in [1.29, 1.82) is 0 Å². The molecule has 0 amide bonds. The molecule has 0 rings (SSSR count). The van der Waals surface area contributed by atoms with E-state index in [1.165, 1.54) is 0 Å². The second-order valence-electron chi connectivity index (χ2n) is 11.7. The number of hydrogen-bond donors (Lipinski definition) is 0. The normalized spacial score (nSPS) is 18.5. The van der Waals surface area contributed by atoms with Crippen molar-refractivity contribution in [2.24, 2.45) is 0 Å². The van der Waals surface area contributed by atoms with E-state index in [1.54, 1.807) is 0 Å². The molecular formula is C18H48BO3P3. The summed E-state index contributed by atoms with van der Waals surface area (Å²) in [6.07, 6.45) is 6.66. The average Bonchev–Trinajstić information content (AvgIpc) is 2.21. The molecule has 0 radical (unpaired) electrons. The Kier molecular flexibility index (Phi) is 8.32. The van der Waals surface area contributed by atoms with Gasteiger partial charge in [0.15, 0.2) is 0 Å². The summed E-state index contributed by atoms with van der Waals surface area (Å²) in [6.45, 7) is 20.5. The van der Waals surface area contributed by atoms with Crippen LogP contribution in [0.2, 0.25) is 0 Å². The van der Waals surface area contributed by atoms with Crippen molar-refractivity contribution < 1.29 is 13.3 Å². The van der Waals surface area contributed by atoms with E-state index in [-0.39, 0.29) is 0 Å². The van der Waals surface area contributed by atoms with Crippen molar-refractivity contribution in [3.63, 3.8) is 0 Å². The predicted molar refractivity (Wildman–Crippen MR) is 129 cm³/mol. The Bertz CT molecular complexity index is 375. The van der Waals surface area contributed by atoms with E-state index in [9.17, 15) is 0 Å². The Morgan fingerprint density at radius 2 is 0.680 bits per heavy atom. The molecule has 156 valence electrons. The standard InChI is InChI=1S/C18H48BO3P3/c1-13-16-23(4,5,6)20-19(21-24(7,8,9)17-14-2)22-25(10,11,12)18-15-3/h13-18H2,1-12H3. The van der Waals surface area contributed by atoms with Gasteiger partial charge in [0.1, 0.15) is 0 Å². The van der Waals surface area contributed by atoms with Gasteiger partial charge in [-0.1, -0.05) is 0 Å². The molecule has 0 atom stereocenters. The van der Waals surface area contributed by atoms with Gasteiger partial charge in [0.05, 0.1) is 0 Å². The van der Waals surface area contributed by atoms with Gasteiger partial charge in [-0.05, 0) is 0 Å². The zero-order valence-electron chi connectivity index (χ0n) is 19.4. The third kappa shape index (κ3) is 11.6. The summed E-state index contributed by atoms with van der Waals surface area (Å²) in [7, 11) is -0.544. The molecule has 0 aromatic heterocycles. The van der Waals surface area contributed by atoms with Crippen molar-refractivity contribution in [3.05, 3.63) is 0 Å². The molecule has 0 saturated heterocycles. The molecule has 0 aromatic carbocycles. The van der Waals surface area contributed by atoms with Crippen LogP contribution < -0.4 is 0 Å². The summed E-state index contributed by atoms with van der Waals surface area (Å²) in [4.78, 5) is 0. The maximum atomic E-state index is 6.71. The minimum absolute atomic E-state index is 0.544. The molecule has 0 fully saturated rings. The summed E-state index contributed by atoms with van der Waals surface area (Å²) >= 11 is 0. The van der Waals surface area contributed by atoms with Gasteiger partial charge in [-0.25, -0.2) is 0 Å². The molecule has 0 aromatic rings. The van der Waals surface area contributed by atoms with Crippen LogP contribution in [0.15, 0.2) is 0 Å². The molecule has 0 unspecified atom stereocenters. The van der Waals surface area contributed by atoms with Crippen molar-refractivity contribution in [2.75, 3.05) is 78.5 Å². The topological polar surface area (TPSA) is 27.7 Å². The van der Waals surface area contributed by atoms with Gasteiger partial charge in [0.25, 0.3) is 0 Å². The third-order valence-corrected chi connectivity index (χ3v) is 13.2. The molecule has 0 aliphatic carbocycles. The van der Waals surface area contributed by atoms with Gasteiger partial charge < -0.3 is 0 Å². The van der Waals surface area contributed by atoms with Crippen molar-refractivity contribution >= 4 is 27.8 Å². The van der Waals surface area contributed by atoms with Gasteiger partial charge in [0, 0.05) is 0 Å². The van der Waals surface area contributed by atoms with Crippen molar-refractivity contribution in [2.45, 2.75) is 40.0 Å². The predicted octanol–water partition coefficient (Wildman–Crippen LogP) is 6.32. The maximum absolute atomic E-state index is 6.71. The molecule has 0 bridgehead atoms. The van der Waals surface area contributed by atoms with Crippen LogP contribution in [0.4, 0.5) is 0 Å². The fourth-order valence-electron chi connectivity index (χ4n) is 3.46. The van der Waals surface area contributed by atoms with Gasteiger partial charge in [0.2, 0.25) is 0 Å². The minimum atomic E-state index is -2.26. The molecule has 7 heteroatoms.